The Balaban J connectivity index is 1.38. The number of ether oxygens (including phenoxy) is 1. The Morgan fingerprint density at radius 3 is 2.79 bits per heavy atom. The van der Waals surface area contributed by atoms with E-state index in [2.05, 4.69) is 19.7 Å². The number of nitrogens with zero attached hydrogens (tertiary/aromatic N) is 3. The van der Waals surface area contributed by atoms with Crippen LogP contribution in [0, 0.1) is 0 Å². The fourth-order valence-corrected chi connectivity index (χ4v) is 3.46. The molecule has 0 spiro atoms. The van der Waals surface area contributed by atoms with Crippen molar-refractivity contribution < 1.29 is 9.53 Å². The van der Waals surface area contributed by atoms with Gasteiger partial charge in [-0.3, -0.25) is 15.1 Å². The van der Waals surface area contributed by atoms with Crippen LogP contribution in [0.25, 0.3) is 21.3 Å². The van der Waals surface area contributed by atoms with Gasteiger partial charge in [-0.05, 0) is 53.2 Å². The molecule has 1 N–H and O–H groups in total. The molecule has 0 bridgehead atoms. The number of pyridine rings is 1. The van der Waals surface area contributed by atoms with Gasteiger partial charge in [0.25, 0.3) is 0 Å². The van der Waals surface area contributed by atoms with Crippen LogP contribution < -0.4 is 10.1 Å². The lowest BCUT2D eigenvalue weighted by Crippen LogP contribution is -2.13. The predicted molar refractivity (Wildman–Crippen MR) is 111 cm³/mol. The molecule has 0 aliphatic heterocycles. The summed E-state index contributed by atoms with van der Waals surface area (Å²) in [5.74, 6) is 1.04. The van der Waals surface area contributed by atoms with Crippen molar-refractivity contribution in [3.63, 3.8) is 0 Å². The molecule has 0 radical (unpaired) electrons. The van der Waals surface area contributed by atoms with E-state index >= 15 is 0 Å². The van der Waals surface area contributed by atoms with Crippen LogP contribution in [0.1, 0.15) is 12.0 Å². The van der Waals surface area contributed by atoms with E-state index in [1.807, 2.05) is 54.7 Å². The number of amides is 1. The standard InChI is InChI=1S/C21H18N4O2S/c1-27-18-7-2-14(3-8-18)4-9-19(26)23-21-24-20(28-25-21)16-5-6-17-13-22-11-10-15(17)12-16/h2-3,5-8,10-13H,4,9H2,1H3,(H,23,25,26). The summed E-state index contributed by atoms with van der Waals surface area (Å²) in [4.78, 5) is 20.8. The molecular weight excluding hydrogens is 372 g/mol. The van der Waals surface area contributed by atoms with E-state index in [1.165, 1.54) is 11.5 Å². The SMILES string of the molecule is COc1ccc(CCC(=O)Nc2nsc(-c3ccc4cnccc4c3)n2)cc1. The minimum Gasteiger partial charge on any atom is -0.497 e. The Morgan fingerprint density at radius 1 is 1.11 bits per heavy atom. The summed E-state index contributed by atoms with van der Waals surface area (Å²) in [6.07, 6.45) is 4.60. The van der Waals surface area contributed by atoms with Gasteiger partial charge in [0.05, 0.1) is 7.11 Å². The van der Waals surface area contributed by atoms with E-state index in [0.29, 0.717) is 18.8 Å². The van der Waals surface area contributed by atoms with Crippen LogP contribution in [-0.2, 0) is 11.2 Å². The Labute approximate surface area is 166 Å². The highest BCUT2D eigenvalue weighted by Crippen LogP contribution is 2.26. The van der Waals surface area contributed by atoms with Gasteiger partial charge in [0.2, 0.25) is 11.9 Å². The van der Waals surface area contributed by atoms with Crippen molar-refractivity contribution in [3.8, 4) is 16.3 Å². The van der Waals surface area contributed by atoms with E-state index in [9.17, 15) is 4.79 Å². The molecule has 0 aliphatic rings. The van der Waals surface area contributed by atoms with Crippen molar-refractivity contribution in [2.24, 2.45) is 0 Å². The molecular formula is C21H18N4O2S. The van der Waals surface area contributed by atoms with Gasteiger partial charge in [0.1, 0.15) is 10.8 Å². The molecule has 2 aromatic carbocycles. The monoisotopic (exact) mass is 390 g/mol. The highest BCUT2D eigenvalue weighted by Gasteiger charge is 2.10. The van der Waals surface area contributed by atoms with E-state index < -0.39 is 0 Å². The Hall–Kier alpha value is -3.32. The van der Waals surface area contributed by atoms with Gasteiger partial charge in [0.15, 0.2) is 0 Å². The quantitative estimate of drug-likeness (QED) is 0.530. The molecule has 2 aromatic heterocycles. The average molecular weight is 390 g/mol. The normalized spacial score (nSPS) is 10.8. The van der Waals surface area contributed by atoms with Crippen LogP contribution in [0.5, 0.6) is 5.75 Å². The van der Waals surface area contributed by atoms with Gasteiger partial charge >= 0.3 is 0 Å². The lowest BCUT2D eigenvalue weighted by atomic mass is 10.1. The van der Waals surface area contributed by atoms with Crippen molar-refractivity contribution in [1.82, 2.24) is 14.3 Å². The summed E-state index contributed by atoms with van der Waals surface area (Å²) in [7, 11) is 1.63. The first-order valence-corrected chi connectivity index (χ1v) is 9.59. The molecule has 140 valence electrons. The number of nitrogens with one attached hydrogen (secondary N) is 1. The second-order valence-electron chi connectivity index (χ2n) is 6.26. The zero-order valence-electron chi connectivity index (χ0n) is 15.3. The molecule has 0 fully saturated rings. The number of benzene rings is 2. The first-order valence-electron chi connectivity index (χ1n) is 8.82. The summed E-state index contributed by atoms with van der Waals surface area (Å²) in [6.45, 7) is 0. The summed E-state index contributed by atoms with van der Waals surface area (Å²) in [5.41, 5.74) is 2.04. The third-order valence-corrected chi connectivity index (χ3v) is 5.13. The largest absolute Gasteiger partial charge is 0.497 e. The third kappa shape index (κ3) is 4.15. The minimum absolute atomic E-state index is 0.107. The lowest BCUT2D eigenvalue weighted by Gasteiger charge is -2.03. The maximum absolute atomic E-state index is 12.2. The van der Waals surface area contributed by atoms with Crippen LogP contribution in [0.15, 0.2) is 60.9 Å². The number of hydrogen-bond acceptors (Lipinski definition) is 6. The number of fused-ring (bicyclic) bond motifs is 1. The lowest BCUT2D eigenvalue weighted by molar-refractivity contribution is -0.116. The number of aromatic nitrogens is 3. The summed E-state index contributed by atoms with van der Waals surface area (Å²) in [6, 6.07) is 15.7. The fraction of sp³-hybridized carbons (Fsp3) is 0.143. The van der Waals surface area contributed by atoms with Gasteiger partial charge in [-0.15, -0.1) is 0 Å². The van der Waals surface area contributed by atoms with E-state index in [0.717, 1.165) is 32.7 Å². The maximum Gasteiger partial charge on any atom is 0.241 e. The number of carbonyl (C=O) groups excluding carboxylic acids is 1. The van der Waals surface area contributed by atoms with Crippen LogP contribution in [0.2, 0.25) is 0 Å². The highest BCUT2D eigenvalue weighted by atomic mass is 32.1. The van der Waals surface area contributed by atoms with Gasteiger partial charge in [-0.25, -0.2) is 0 Å². The van der Waals surface area contributed by atoms with Crippen molar-refractivity contribution in [3.05, 3.63) is 66.5 Å². The molecule has 28 heavy (non-hydrogen) atoms. The zero-order valence-corrected chi connectivity index (χ0v) is 16.1. The van der Waals surface area contributed by atoms with E-state index in [4.69, 9.17) is 4.74 Å². The zero-order chi connectivity index (χ0) is 19.3. The van der Waals surface area contributed by atoms with Crippen molar-refractivity contribution in [2.45, 2.75) is 12.8 Å². The van der Waals surface area contributed by atoms with Gasteiger partial charge in [0, 0.05) is 29.8 Å². The maximum atomic E-state index is 12.2. The molecule has 6 nitrogen and oxygen atoms in total. The average Bonchev–Trinajstić information content (AvgIpc) is 3.20. The molecule has 0 aliphatic carbocycles. The van der Waals surface area contributed by atoms with Crippen molar-refractivity contribution in [2.75, 3.05) is 12.4 Å². The summed E-state index contributed by atoms with van der Waals surface area (Å²) < 4.78 is 9.40. The molecule has 4 aromatic rings. The number of carbonyl (C=O) groups is 1. The molecule has 0 unspecified atom stereocenters. The van der Waals surface area contributed by atoms with Gasteiger partial charge < -0.3 is 4.74 Å². The van der Waals surface area contributed by atoms with Gasteiger partial charge in [-0.1, -0.05) is 24.3 Å². The molecule has 0 saturated carbocycles. The van der Waals surface area contributed by atoms with Gasteiger partial charge in [-0.2, -0.15) is 9.36 Å². The third-order valence-electron chi connectivity index (χ3n) is 4.36. The Morgan fingerprint density at radius 2 is 1.96 bits per heavy atom. The second-order valence-corrected chi connectivity index (χ2v) is 7.01. The first-order chi connectivity index (χ1) is 13.7. The number of aryl methyl sites for hydroxylation is 1. The summed E-state index contributed by atoms with van der Waals surface area (Å²) >= 11 is 1.27. The van der Waals surface area contributed by atoms with Crippen LogP contribution in [0.3, 0.4) is 0 Å². The number of anilines is 1. The summed E-state index contributed by atoms with van der Waals surface area (Å²) in [5, 5.41) is 5.71. The molecule has 1 amide bonds. The van der Waals surface area contributed by atoms with Crippen LogP contribution in [0.4, 0.5) is 5.95 Å². The molecule has 0 atom stereocenters. The topological polar surface area (TPSA) is 77.0 Å². The highest BCUT2D eigenvalue weighted by molar-refractivity contribution is 7.09. The second kappa shape index (κ2) is 8.14. The predicted octanol–water partition coefficient (Wildman–Crippen LogP) is 4.33. The fourth-order valence-electron chi connectivity index (χ4n) is 2.85. The molecule has 2 heterocycles. The number of rotatable bonds is 6. The Kier molecular flexibility index (Phi) is 5.25. The minimum atomic E-state index is -0.107. The molecule has 0 saturated heterocycles. The van der Waals surface area contributed by atoms with E-state index in [1.54, 1.807) is 13.3 Å². The smallest absolute Gasteiger partial charge is 0.241 e. The van der Waals surface area contributed by atoms with Crippen LogP contribution >= 0.6 is 11.5 Å². The number of methoxy groups -OCH3 is 1. The molecule has 7 heteroatoms. The Bertz CT molecular complexity index is 1110. The van der Waals surface area contributed by atoms with Crippen LogP contribution in [-0.4, -0.2) is 27.4 Å². The first kappa shape index (κ1) is 18.1. The van der Waals surface area contributed by atoms with Crippen molar-refractivity contribution in [1.29, 1.82) is 0 Å². The van der Waals surface area contributed by atoms with Crippen molar-refractivity contribution >= 4 is 34.2 Å². The molecule has 4 rings (SSSR count). The van der Waals surface area contributed by atoms with E-state index in [-0.39, 0.29) is 5.91 Å². The number of hydrogen-bond donors (Lipinski definition) is 1.